The van der Waals surface area contributed by atoms with Crippen LogP contribution in [0, 0.1) is 6.92 Å². The summed E-state index contributed by atoms with van der Waals surface area (Å²) in [5.41, 5.74) is 2.01. The Balaban J connectivity index is 1.47. The van der Waals surface area contributed by atoms with Crippen LogP contribution in [0.15, 0.2) is 71.5 Å². The zero-order chi connectivity index (χ0) is 17.9. The van der Waals surface area contributed by atoms with E-state index in [9.17, 15) is 4.79 Å². The molecule has 0 aliphatic heterocycles. The fourth-order valence-corrected chi connectivity index (χ4v) is 2.40. The molecule has 7 nitrogen and oxygen atoms in total. The molecule has 0 atom stereocenters. The van der Waals surface area contributed by atoms with Crippen LogP contribution < -0.4 is 4.74 Å². The number of esters is 1. The van der Waals surface area contributed by atoms with Gasteiger partial charge in [-0.2, -0.15) is 10.1 Å². The van der Waals surface area contributed by atoms with Gasteiger partial charge < -0.3 is 9.26 Å². The Morgan fingerprint density at radius 3 is 2.54 bits per heavy atom. The molecule has 0 spiro atoms. The van der Waals surface area contributed by atoms with E-state index in [0.29, 0.717) is 23.0 Å². The first kappa shape index (κ1) is 15.8. The molecular weight excluding hydrogens is 332 g/mol. The number of hydrogen-bond acceptors (Lipinski definition) is 6. The van der Waals surface area contributed by atoms with Crippen molar-refractivity contribution in [2.45, 2.75) is 6.92 Å². The maximum Gasteiger partial charge on any atom is 0.346 e. The minimum absolute atomic E-state index is 0.367. The molecule has 0 unspecified atom stereocenters. The molecule has 0 bridgehead atoms. The first-order chi connectivity index (χ1) is 12.7. The lowest BCUT2D eigenvalue weighted by Crippen LogP contribution is -2.07. The predicted octanol–water partition coefficient (Wildman–Crippen LogP) is 3.45. The van der Waals surface area contributed by atoms with Crippen molar-refractivity contribution >= 4 is 5.97 Å². The Morgan fingerprint density at radius 1 is 1.08 bits per heavy atom. The SMILES string of the molecule is Cc1nc(-c2ccc(OC(=O)c3cnn(-c4ccccc4)c3)cc2)no1. The molecule has 0 saturated carbocycles. The summed E-state index contributed by atoms with van der Waals surface area (Å²) in [4.78, 5) is 16.5. The number of aromatic nitrogens is 4. The first-order valence-corrected chi connectivity index (χ1v) is 7.92. The van der Waals surface area contributed by atoms with E-state index in [1.165, 1.54) is 6.20 Å². The number of para-hydroxylation sites is 1. The lowest BCUT2D eigenvalue weighted by atomic mass is 10.2. The quantitative estimate of drug-likeness (QED) is 0.416. The number of aryl methyl sites for hydroxylation is 1. The Hall–Kier alpha value is -3.74. The largest absolute Gasteiger partial charge is 0.423 e. The summed E-state index contributed by atoms with van der Waals surface area (Å²) < 4.78 is 12.0. The summed E-state index contributed by atoms with van der Waals surface area (Å²) in [7, 11) is 0. The van der Waals surface area contributed by atoms with Gasteiger partial charge in [0.25, 0.3) is 0 Å². The smallest absolute Gasteiger partial charge is 0.346 e. The van der Waals surface area contributed by atoms with Crippen molar-refractivity contribution in [2.75, 3.05) is 0 Å². The zero-order valence-electron chi connectivity index (χ0n) is 13.9. The molecule has 2 aromatic carbocycles. The maximum absolute atomic E-state index is 12.3. The highest BCUT2D eigenvalue weighted by molar-refractivity contribution is 5.90. The molecule has 2 aromatic heterocycles. The third-order valence-electron chi connectivity index (χ3n) is 3.69. The monoisotopic (exact) mass is 346 g/mol. The van der Waals surface area contributed by atoms with E-state index in [-0.39, 0.29) is 0 Å². The molecule has 0 radical (unpaired) electrons. The van der Waals surface area contributed by atoms with Crippen molar-refractivity contribution in [3.8, 4) is 22.8 Å². The Labute approximate surface area is 148 Å². The molecule has 0 aliphatic rings. The van der Waals surface area contributed by atoms with Crippen LogP contribution in [0.2, 0.25) is 0 Å². The number of rotatable bonds is 4. The van der Waals surface area contributed by atoms with Crippen LogP contribution in [-0.2, 0) is 0 Å². The van der Waals surface area contributed by atoms with E-state index >= 15 is 0 Å². The fraction of sp³-hybridized carbons (Fsp3) is 0.0526. The normalized spacial score (nSPS) is 10.7. The Morgan fingerprint density at radius 2 is 1.85 bits per heavy atom. The molecule has 26 heavy (non-hydrogen) atoms. The molecule has 4 rings (SSSR count). The molecule has 7 heteroatoms. The van der Waals surface area contributed by atoms with E-state index in [1.807, 2.05) is 30.3 Å². The van der Waals surface area contributed by atoms with Crippen LogP contribution in [0.3, 0.4) is 0 Å². The summed E-state index contributed by atoms with van der Waals surface area (Å²) in [6.45, 7) is 1.72. The van der Waals surface area contributed by atoms with E-state index in [1.54, 1.807) is 42.1 Å². The average Bonchev–Trinajstić information content (AvgIpc) is 3.32. The summed E-state index contributed by atoms with van der Waals surface area (Å²) in [6.07, 6.45) is 3.11. The molecular formula is C19H14N4O3. The third kappa shape index (κ3) is 3.23. The van der Waals surface area contributed by atoms with Gasteiger partial charge in [-0.1, -0.05) is 23.4 Å². The number of carbonyl (C=O) groups excluding carboxylic acids is 1. The predicted molar refractivity (Wildman–Crippen MR) is 93.0 cm³/mol. The molecule has 2 heterocycles. The summed E-state index contributed by atoms with van der Waals surface area (Å²) in [6, 6.07) is 16.4. The summed E-state index contributed by atoms with van der Waals surface area (Å²) >= 11 is 0. The molecule has 4 aromatic rings. The second kappa shape index (κ2) is 6.64. The van der Waals surface area contributed by atoms with Crippen molar-refractivity contribution in [2.24, 2.45) is 0 Å². The maximum atomic E-state index is 12.3. The van der Waals surface area contributed by atoms with E-state index in [0.717, 1.165) is 11.3 Å². The van der Waals surface area contributed by atoms with Crippen molar-refractivity contribution in [3.05, 3.63) is 78.4 Å². The van der Waals surface area contributed by atoms with Gasteiger partial charge in [-0.25, -0.2) is 9.48 Å². The van der Waals surface area contributed by atoms with E-state index < -0.39 is 5.97 Å². The fourth-order valence-electron chi connectivity index (χ4n) is 2.40. The van der Waals surface area contributed by atoms with Gasteiger partial charge in [0.1, 0.15) is 5.75 Å². The third-order valence-corrected chi connectivity index (χ3v) is 3.69. The van der Waals surface area contributed by atoms with Crippen LogP contribution >= 0.6 is 0 Å². The molecule has 0 fully saturated rings. The minimum atomic E-state index is -0.477. The molecule has 0 saturated heterocycles. The van der Waals surface area contributed by atoms with E-state index in [2.05, 4.69) is 15.2 Å². The molecule has 0 amide bonds. The van der Waals surface area contributed by atoms with Gasteiger partial charge in [0.05, 0.1) is 17.4 Å². The molecule has 0 aliphatic carbocycles. The van der Waals surface area contributed by atoms with Gasteiger partial charge in [-0.3, -0.25) is 0 Å². The Bertz CT molecular complexity index is 1040. The summed E-state index contributed by atoms with van der Waals surface area (Å²) in [5, 5.41) is 8.05. The Kier molecular flexibility index (Phi) is 4.03. The van der Waals surface area contributed by atoms with Crippen LogP contribution in [0.25, 0.3) is 17.1 Å². The highest BCUT2D eigenvalue weighted by Crippen LogP contribution is 2.20. The van der Waals surface area contributed by atoms with Gasteiger partial charge in [0.2, 0.25) is 11.7 Å². The highest BCUT2D eigenvalue weighted by atomic mass is 16.5. The topological polar surface area (TPSA) is 83.0 Å². The van der Waals surface area contributed by atoms with Crippen LogP contribution in [-0.4, -0.2) is 25.9 Å². The van der Waals surface area contributed by atoms with Crippen molar-refractivity contribution in [1.82, 2.24) is 19.9 Å². The second-order valence-electron chi connectivity index (χ2n) is 5.56. The minimum Gasteiger partial charge on any atom is -0.423 e. The molecule has 0 N–H and O–H groups in total. The van der Waals surface area contributed by atoms with Crippen molar-refractivity contribution in [3.63, 3.8) is 0 Å². The highest BCUT2D eigenvalue weighted by Gasteiger charge is 2.13. The number of benzene rings is 2. The lowest BCUT2D eigenvalue weighted by molar-refractivity contribution is 0.0735. The zero-order valence-corrected chi connectivity index (χ0v) is 13.9. The summed E-state index contributed by atoms with van der Waals surface area (Å²) in [5.74, 6) is 0.928. The van der Waals surface area contributed by atoms with Crippen LogP contribution in [0.4, 0.5) is 0 Å². The van der Waals surface area contributed by atoms with Gasteiger partial charge in [0, 0.05) is 18.7 Å². The van der Waals surface area contributed by atoms with Gasteiger partial charge in [-0.15, -0.1) is 0 Å². The second-order valence-corrected chi connectivity index (χ2v) is 5.56. The van der Waals surface area contributed by atoms with Gasteiger partial charge >= 0.3 is 5.97 Å². The number of nitrogens with zero attached hydrogens (tertiary/aromatic N) is 4. The van der Waals surface area contributed by atoms with E-state index in [4.69, 9.17) is 9.26 Å². The first-order valence-electron chi connectivity index (χ1n) is 7.92. The van der Waals surface area contributed by atoms with Crippen LogP contribution in [0.5, 0.6) is 5.75 Å². The lowest BCUT2D eigenvalue weighted by Gasteiger charge is -2.03. The van der Waals surface area contributed by atoms with Crippen molar-refractivity contribution < 1.29 is 14.1 Å². The van der Waals surface area contributed by atoms with Crippen molar-refractivity contribution in [1.29, 1.82) is 0 Å². The molecule has 128 valence electrons. The number of ether oxygens (including phenoxy) is 1. The standard InChI is InChI=1S/C19H14N4O3/c1-13-21-18(22-26-13)14-7-9-17(10-8-14)25-19(24)15-11-20-23(12-15)16-5-3-2-4-6-16/h2-12H,1H3. The number of carbonyl (C=O) groups is 1. The van der Waals surface area contributed by atoms with Gasteiger partial charge in [0.15, 0.2) is 0 Å². The average molecular weight is 346 g/mol. The number of hydrogen-bond donors (Lipinski definition) is 0. The van der Waals surface area contributed by atoms with Crippen LogP contribution in [0.1, 0.15) is 16.2 Å². The van der Waals surface area contributed by atoms with Gasteiger partial charge in [-0.05, 0) is 36.4 Å².